The summed E-state index contributed by atoms with van der Waals surface area (Å²) >= 11 is 1.29. The summed E-state index contributed by atoms with van der Waals surface area (Å²) in [4.78, 5) is 17.3. The SMILES string of the molecule is N[C@@H]1COCC[C@@H]1C(=O)Nc1ncc(Cc2ccc(C(F)(F)F)cc2)s1. The van der Waals surface area contributed by atoms with E-state index < -0.39 is 11.7 Å². The van der Waals surface area contributed by atoms with Crippen LogP contribution in [0.3, 0.4) is 0 Å². The van der Waals surface area contributed by atoms with E-state index in [1.54, 1.807) is 6.20 Å². The molecular weight excluding hydrogens is 367 g/mol. The van der Waals surface area contributed by atoms with Crippen molar-refractivity contribution in [2.45, 2.75) is 25.1 Å². The highest BCUT2D eigenvalue weighted by molar-refractivity contribution is 7.15. The van der Waals surface area contributed by atoms with Crippen molar-refractivity contribution in [1.82, 2.24) is 4.98 Å². The molecule has 1 fully saturated rings. The van der Waals surface area contributed by atoms with Crippen molar-refractivity contribution in [3.05, 3.63) is 46.5 Å². The third-order valence-corrected chi connectivity index (χ3v) is 5.09. The van der Waals surface area contributed by atoms with E-state index in [-0.39, 0.29) is 17.9 Å². The Morgan fingerprint density at radius 1 is 1.35 bits per heavy atom. The Morgan fingerprint density at radius 2 is 2.08 bits per heavy atom. The van der Waals surface area contributed by atoms with Gasteiger partial charge in [-0.25, -0.2) is 4.98 Å². The van der Waals surface area contributed by atoms with Crippen LogP contribution < -0.4 is 11.1 Å². The minimum Gasteiger partial charge on any atom is -0.380 e. The lowest BCUT2D eigenvalue weighted by Gasteiger charge is -2.27. The summed E-state index contributed by atoms with van der Waals surface area (Å²) in [6.45, 7) is 0.859. The third kappa shape index (κ3) is 4.60. The van der Waals surface area contributed by atoms with Gasteiger partial charge in [-0.15, -0.1) is 11.3 Å². The Bertz CT molecular complexity index is 761. The molecule has 140 valence electrons. The molecule has 2 aromatic rings. The molecule has 0 aliphatic carbocycles. The lowest BCUT2D eigenvalue weighted by molar-refractivity contribution is -0.137. The van der Waals surface area contributed by atoms with Gasteiger partial charge in [-0.3, -0.25) is 4.79 Å². The minimum absolute atomic E-state index is 0.184. The van der Waals surface area contributed by atoms with E-state index in [4.69, 9.17) is 10.5 Å². The molecule has 0 radical (unpaired) electrons. The summed E-state index contributed by atoms with van der Waals surface area (Å²) in [5.41, 5.74) is 5.97. The number of carbonyl (C=O) groups is 1. The van der Waals surface area contributed by atoms with Gasteiger partial charge >= 0.3 is 6.18 Å². The molecule has 1 aliphatic rings. The third-order valence-electron chi connectivity index (χ3n) is 4.18. The predicted molar refractivity (Wildman–Crippen MR) is 91.9 cm³/mol. The molecule has 1 aliphatic heterocycles. The quantitative estimate of drug-likeness (QED) is 0.848. The van der Waals surface area contributed by atoms with Gasteiger partial charge < -0.3 is 15.8 Å². The minimum atomic E-state index is -4.34. The average molecular weight is 385 g/mol. The summed E-state index contributed by atoms with van der Waals surface area (Å²) in [5, 5.41) is 3.22. The number of nitrogens with two attached hydrogens (primary N) is 1. The molecule has 0 unspecified atom stereocenters. The van der Waals surface area contributed by atoms with E-state index in [2.05, 4.69) is 10.3 Å². The standard InChI is InChI=1S/C17H18F3N3O2S/c18-17(19,20)11-3-1-10(2-4-11)7-12-8-22-16(26-12)23-15(24)13-5-6-25-9-14(13)21/h1-4,8,13-14H,5-7,9,21H2,(H,22,23,24)/t13-,14+/m0/s1. The molecule has 0 bridgehead atoms. The van der Waals surface area contributed by atoms with Gasteiger partial charge in [0.2, 0.25) is 5.91 Å². The van der Waals surface area contributed by atoms with Gasteiger partial charge in [0.05, 0.1) is 18.1 Å². The highest BCUT2D eigenvalue weighted by Crippen LogP contribution is 2.30. The van der Waals surface area contributed by atoms with Crippen molar-refractivity contribution in [2.24, 2.45) is 11.7 Å². The second-order valence-corrected chi connectivity index (χ2v) is 7.24. The number of amides is 1. The number of thiazole rings is 1. The Kier molecular flexibility index (Phi) is 5.59. The largest absolute Gasteiger partial charge is 0.416 e. The highest BCUT2D eigenvalue weighted by Gasteiger charge is 2.30. The summed E-state index contributed by atoms with van der Waals surface area (Å²) in [7, 11) is 0. The van der Waals surface area contributed by atoms with Crippen molar-refractivity contribution >= 4 is 22.4 Å². The van der Waals surface area contributed by atoms with Crippen molar-refractivity contribution in [2.75, 3.05) is 18.5 Å². The van der Waals surface area contributed by atoms with E-state index in [0.29, 0.717) is 31.2 Å². The second kappa shape index (κ2) is 7.73. The lowest BCUT2D eigenvalue weighted by atomic mass is 9.95. The molecule has 1 saturated heterocycles. The molecule has 0 saturated carbocycles. The number of nitrogens with zero attached hydrogens (tertiary/aromatic N) is 1. The molecule has 1 amide bonds. The second-order valence-electron chi connectivity index (χ2n) is 6.13. The van der Waals surface area contributed by atoms with Crippen molar-refractivity contribution < 1.29 is 22.7 Å². The van der Waals surface area contributed by atoms with E-state index >= 15 is 0 Å². The number of anilines is 1. The fourth-order valence-corrected chi connectivity index (χ4v) is 3.59. The summed E-state index contributed by atoms with van der Waals surface area (Å²) in [6.07, 6.45) is -1.72. The lowest BCUT2D eigenvalue weighted by Crippen LogP contribution is -2.45. The van der Waals surface area contributed by atoms with E-state index in [9.17, 15) is 18.0 Å². The average Bonchev–Trinajstić information content (AvgIpc) is 3.01. The van der Waals surface area contributed by atoms with Crippen LogP contribution >= 0.6 is 11.3 Å². The Balaban J connectivity index is 1.60. The Hall–Kier alpha value is -1.97. The van der Waals surface area contributed by atoms with Crippen LogP contribution in [0.1, 0.15) is 22.4 Å². The number of benzene rings is 1. The molecule has 3 N–H and O–H groups in total. The van der Waals surface area contributed by atoms with Crippen molar-refractivity contribution in [3.63, 3.8) is 0 Å². The maximum absolute atomic E-state index is 12.6. The number of nitrogens with one attached hydrogen (secondary N) is 1. The molecule has 2 heterocycles. The highest BCUT2D eigenvalue weighted by atomic mass is 32.1. The molecule has 1 aromatic heterocycles. The van der Waals surface area contributed by atoms with Gasteiger partial charge in [-0.2, -0.15) is 13.2 Å². The zero-order valence-electron chi connectivity index (χ0n) is 13.8. The Labute approximate surface area is 152 Å². The molecule has 3 rings (SSSR count). The molecular formula is C17H18F3N3O2S. The number of aromatic nitrogens is 1. The topological polar surface area (TPSA) is 77.2 Å². The number of ether oxygens (including phenoxy) is 1. The van der Waals surface area contributed by atoms with Gasteiger partial charge in [0.15, 0.2) is 5.13 Å². The van der Waals surface area contributed by atoms with Crippen molar-refractivity contribution in [1.29, 1.82) is 0 Å². The number of alkyl halides is 3. The predicted octanol–water partition coefficient (Wildman–Crippen LogP) is 3.06. The van der Waals surface area contributed by atoms with Crippen LogP contribution in [0, 0.1) is 5.92 Å². The molecule has 5 nitrogen and oxygen atoms in total. The first-order valence-corrected chi connectivity index (χ1v) is 8.89. The van der Waals surface area contributed by atoms with Crippen LogP contribution in [0.15, 0.2) is 30.5 Å². The zero-order valence-corrected chi connectivity index (χ0v) is 14.6. The molecule has 26 heavy (non-hydrogen) atoms. The maximum atomic E-state index is 12.6. The number of hydrogen-bond donors (Lipinski definition) is 2. The summed E-state index contributed by atoms with van der Waals surface area (Å²) in [6, 6.07) is 4.68. The Morgan fingerprint density at radius 3 is 2.73 bits per heavy atom. The number of carbonyl (C=O) groups excluding carboxylic acids is 1. The first kappa shape index (κ1) is 18.8. The van der Waals surface area contributed by atoms with Crippen LogP contribution in [0.4, 0.5) is 18.3 Å². The first-order chi connectivity index (χ1) is 12.3. The van der Waals surface area contributed by atoms with Gasteiger partial charge in [0.25, 0.3) is 0 Å². The number of hydrogen-bond acceptors (Lipinski definition) is 5. The normalized spacial score (nSPS) is 20.8. The fourth-order valence-electron chi connectivity index (χ4n) is 2.74. The van der Waals surface area contributed by atoms with Crippen molar-refractivity contribution in [3.8, 4) is 0 Å². The zero-order chi connectivity index (χ0) is 18.7. The van der Waals surface area contributed by atoms with Crippen LogP contribution in [-0.2, 0) is 22.1 Å². The van der Waals surface area contributed by atoms with Gasteiger partial charge in [-0.1, -0.05) is 12.1 Å². The smallest absolute Gasteiger partial charge is 0.380 e. The van der Waals surface area contributed by atoms with Crippen LogP contribution in [-0.4, -0.2) is 30.1 Å². The fraction of sp³-hybridized carbons (Fsp3) is 0.412. The number of rotatable bonds is 4. The van der Waals surface area contributed by atoms with Crippen LogP contribution in [0.2, 0.25) is 0 Å². The maximum Gasteiger partial charge on any atom is 0.416 e. The summed E-state index contributed by atoms with van der Waals surface area (Å²) in [5.74, 6) is -0.498. The van der Waals surface area contributed by atoms with E-state index in [1.165, 1.54) is 23.5 Å². The van der Waals surface area contributed by atoms with E-state index in [0.717, 1.165) is 22.6 Å². The molecule has 2 atom stereocenters. The molecule has 1 aromatic carbocycles. The monoisotopic (exact) mass is 385 g/mol. The van der Waals surface area contributed by atoms with Gasteiger partial charge in [-0.05, 0) is 24.1 Å². The number of halogens is 3. The molecule has 0 spiro atoms. The molecule has 9 heteroatoms. The van der Waals surface area contributed by atoms with Crippen LogP contribution in [0.25, 0.3) is 0 Å². The van der Waals surface area contributed by atoms with Gasteiger partial charge in [0.1, 0.15) is 0 Å². The first-order valence-electron chi connectivity index (χ1n) is 8.08. The van der Waals surface area contributed by atoms with Crippen LogP contribution in [0.5, 0.6) is 0 Å². The summed E-state index contributed by atoms with van der Waals surface area (Å²) < 4.78 is 43.0. The van der Waals surface area contributed by atoms with E-state index in [1.807, 2.05) is 0 Å². The van der Waals surface area contributed by atoms with Gasteiger partial charge in [0, 0.05) is 30.1 Å².